The lowest BCUT2D eigenvalue weighted by Crippen LogP contribution is -2.04. The second-order valence-electron chi connectivity index (χ2n) is 2.93. The van der Waals surface area contributed by atoms with Crippen LogP contribution in [-0.4, -0.2) is 13.5 Å². The van der Waals surface area contributed by atoms with Crippen molar-refractivity contribution in [3.8, 4) is 0 Å². The first kappa shape index (κ1) is 11.8. The molecule has 0 unspecified atom stereocenters. The molecule has 5 heteroatoms. The van der Waals surface area contributed by atoms with Gasteiger partial charge in [0.05, 0.1) is 10.6 Å². The summed E-state index contributed by atoms with van der Waals surface area (Å²) in [6.07, 6.45) is -2.64. The van der Waals surface area contributed by atoms with Gasteiger partial charge >= 0.3 is 0 Å². The summed E-state index contributed by atoms with van der Waals surface area (Å²) in [7, 11) is 1.78. The van der Waals surface area contributed by atoms with Crippen LogP contribution in [0.15, 0.2) is 29.2 Å². The molecule has 0 aliphatic carbocycles. The minimum atomic E-state index is -2.64. The molecule has 0 heterocycles. The zero-order chi connectivity index (χ0) is 11.4. The summed E-state index contributed by atoms with van der Waals surface area (Å²) in [4.78, 5) is -0.396. The maximum absolute atomic E-state index is 12.3. The topological polar surface area (TPSA) is 38.0 Å². The molecule has 0 fully saturated rings. The summed E-state index contributed by atoms with van der Waals surface area (Å²) in [6.45, 7) is 0. The van der Waals surface area contributed by atoms with Crippen LogP contribution < -0.4 is 11.1 Å². The quantitative estimate of drug-likeness (QED) is 0.698. The molecule has 2 nitrogen and oxygen atoms in total. The summed E-state index contributed by atoms with van der Waals surface area (Å²) in [5.74, 6) is 0. The van der Waals surface area contributed by atoms with Gasteiger partial charge < -0.3 is 11.1 Å². The van der Waals surface area contributed by atoms with Gasteiger partial charge in [-0.25, -0.2) is 8.78 Å². The normalized spacial score (nSPS) is 12.6. The molecule has 1 rings (SSSR count). The maximum Gasteiger partial charge on any atom is 0.271 e. The van der Waals surface area contributed by atoms with E-state index >= 15 is 0 Å². The average Bonchev–Trinajstić information content (AvgIpc) is 2.27. The number of alkyl halides is 2. The Morgan fingerprint density at radius 2 is 1.87 bits per heavy atom. The number of thiol groups is 1. The van der Waals surface area contributed by atoms with Crippen molar-refractivity contribution in [3.05, 3.63) is 34.7 Å². The van der Waals surface area contributed by atoms with Crippen LogP contribution in [-0.2, 0) is 0 Å². The first-order valence-electron chi connectivity index (χ1n) is 4.31. The zero-order valence-electron chi connectivity index (χ0n) is 8.17. The van der Waals surface area contributed by atoms with E-state index in [2.05, 4.69) is 17.9 Å². The number of benzene rings is 1. The van der Waals surface area contributed by atoms with E-state index in [1.807, 2.05) is 0 Å². The molecule has 15 heavy (non-hydrogen) atoms. The molecule has 0 spiro atoms. The van der Waals surface area contributed by atoms with Crippen LogP contribution in [0.4, 0.5) is 14.5 Å². The molecular weight excluding hydrogens is 218 g/mol. The summed E-state index contributed by atoms with van der Waals surface area (Å²) in [5.41, 5.74) is 6.98. The van der Waals surface area contributed by atoms with Crippen molar-refractivity contribution in [2.45, 2.75) is 6.43 Å². The van der Waals surface area contributed by atoms with E-state index in [0.717, 1.165) is 5.69 Å². The fraction of sp³-hybridized carbons (Fsp3) is 0.200. The van der Waals surface area contributed by atoms with Gasteiger partial charge in [-0.3, -0.25) is 0 Å². The summed E-state index contributed by atoms with van der Waals surface area (Å²) < 4.78 is 24.6. The monoisotopic (exact) mass is 230 g/mol. The molecule has 0 bridgehead atoms. The van der Waals surface area contributed by atoms with E-state index in [9.17, 15) is 8.78 Å². The van der Waals surface area contributed by atoms with Gasteiger partial charge in [-0.2, -0.15) is 0 Å². The minimum absolute atomic E-state index is 0.0102. The van der Waals surface area contributed by atoms with Gasteiger partial charge in [0, 0.05) is 12.7 Å². The lowest BCUT2D eigenvalue weighted by Gasteiger charge is -2.07. The number of rotatable bonds is 3. The molecule has 0 radical (unpaired) electrons. The van der Waals surface area contributed by atoms with Crippen LogP contribution in [0.2, 0.25) is 0 Å². The van der Waals surface area contributed by atoms with Gasteiger partial charge in [0.2, 0.25) is 0 Å². The van der Waals surface area contributed by atoms with E-state index < -0.39 is 11.3 Å². The Morgan fingerprint density at radius 1 is 1.33 bits per heavy atom. The molecule has 1 aromatic carbocycles. The van der Waals surface area contributed by atoms with Crippen LogP contribution in [0.3, 0.4) is 0 Å². The number of hydrogen-bond acceptors (Lipinski definition) is 3. The number of allylic oxidation sites excluding steroid dienone is 1. The van der Waals surface area contributed by atoms with Crippen molar-refractivity contribution in [1.82, 2.24) is 0 Å². The molecule has 0 aromatic heterocycles. The Balaban J connectivity index is 3.01. The average molecular weight is 230 g/mol. The number of nitrogens with one attached hydrogen (secondary N) is 1. The Kier molecular flexibility index (Phi) is 3.96. The molecular formula is C10H12F2N2S. The molecule has 0 atom stereocenters. The molecule has 82 valence electrons. The first-order chi connectivity index (χ1) is 7.06. The Labute approximate surface area is 92.6 Å². The fourth-order valence-corrected chi connectivity index (χ4v) is 1.21. The van der Waals surface area contributed by atoms with E-state index in [-0.39, 0.29) is 5.70 Å². The second-order valence-corrected chi connectivity index (χ2v) is 3.41. The van der Waals surface area contributed by atoms with Gasteiger partial charge in [0.1, 0.15) is 0 Å². The third-order valence-corrected chi connectivity index (χ3v) is 2.40. The number of nitrogens with two attached hydrogens (primary N) is 1. The van der Waals surface area contributed by atoms with Crippen LogP contribution in [0.1, 0.15) is 5.56 Å². The van der Waals surface area contributed by atoms with Crippen molar-refractivity contribution in [2.75, 3.05) is 12.4 Å². The Hall–Kier alpha value is -1.23. The van der Waals surface area contributed by atoms with E-state index in [1.165, 1.54) is 0 Å². The minimum Gasteiger partial charge on any atom is -0.397 e. The predicted octanol–water partition coefficient (Wildman–Crippen LogP) is 2.55. The fourth-order valence-electron chi connectivity index (χ4n) is 1.08. The predicted molar refractivity (Wildman–Crippen MR) is 62.1 cm³/mol. The van der Waals surface area contributed by atoms with Crippen molar-refractivity contribution in [2.24, 2.45) is 5.73 Å². The molecule has 0 saturated heterocycles. The van der Waals surface area contributed by atoms with E-state index in [4.69, 9.17) is 5.73 Å². The standard InChI is InChI=1S/C10H12F2N2S/c1-14-7-4-2-6(3-5-7)8(13)9(15)10(11)12/h2-5,10,14-15H,13H2,1H3/b9-8-. The maximum atomic E-state index is 12.3. The molecule has 0 amide bonds. The molecule has 0 aliphatic heterocycles. The summed E-state index contributed by atoms with van der Waals surface area (Å²) in [5, 5.41) is 2.92. The van der Waals surface area contributed by atoms with Crippen LogP contribution in [0.5, 0.6) is 0 Å². The van der Waals surface area contributed by atoms with Gasteiger partial charge in [-0.05, 0) is 17.7 Å². The molecule has 3 N–H and O–H groups in total. The lowest BCUT2D eigenvalue weighted by atomic mass is 10.1. The highest BCUT2D eigenvalue weighted by Crippen LogP contribution is 2.22. The number of anilines is 1. The van der Waals surface area contributed by atoms with Gasteiger partial charge in [0.15, 0.2) is 0 Å². The summed E-state index contributed by atoms with van der Waals surface area (Å²) >= 11 is 3.67. The second kappa shape index (κ2) is 5.02. The summed E-state index contributed by atoms with van der Waals surface area (Å²) in [6, 6.07) is 6.85. The van der Waals surface area contributed by atoms with Crippen molar-refractivity contribution in [1.29, 1.82) is 0 Å². The van der Waals surface area contributed by atoms with Crippen molar-refractivity contribution in [3.63, 3.8) is 0 Å². The highest BCUT2D eigenvalue weighted by atomic mass is 32.1. The largest absolute Gasteiger partial charge is 0.397 e. The molecule has 1 aromatic rings. The smallest absolute Gasteiger partial charge is 0.271 e. The zero-order valence-corrected chi connectivity index (χ0v) is 9.06. The van der Waals surface area contributed by atoms with Gasteiger partial charge in [-0.15, -0.1) is 12.6 Å². The third-order valence-electron chi connectivity index (χ3n) is 1.97. The Bertz CT molecular complexity index is 360. The highest BCUT2D eigenvalue weighted by molar-refractivity contribution is 7.84. The number of halogens is 2. The van der Waals surface area contributed by atoms with Crippen LogP contribution in [0, 0.1) is 0 Å². The van der Waals surface area contributed by atoms with Gasteiger partial charge in [-0.1, -0.05) is 12.1 Å². The molecule has 0 saturated carbocycles. The number of hydrogen-bond donors (Lipinski definition) is 3. The highest BCUT2D eigenvalue weighted by Gasteiger charge is 2.12. The molecule has 0 aliphatic rings. The van der Waals surface area contributed by atoms with E-state index in [1.54, 1.807) is 31.3 Å². The van der Waals surface area contributed by atoms with E-state index in [0.29, 0.717) is 5.56 Å². The lowest BCUT2D eigenvalue weighted by molar-refractivity contribution is 0.200. The van der Waals surface area contributed by atoms with Crippen molar-refractivity contribution >= 4 is 24.0 Å². The van der Waals surface area contributed by atoms with Crippen LogP contribution >= 0.6 is 12.6 Å². The third kappa shape index (κ3) is 2.86. The SMILES string of the molecule is CNc1ccc(/C(N)=C(/S)C(F)F)cc1. The first-order valence-corrected chi connectivity index (χ1v) is 4.76. The Morgan fingerprint density at radius 3 is 2.27 bits per heavy atom. The van der Waals surface area contributed by atoms with Crippen molar-refractivity contribution < 1.29 is 8.78 Å². The van der Waals surface area contributed by atoms with Crippen LogP contribution in [0.25, 0.3) is 5.70 Å². The van der Waals surface area contributed by atoms with Gasteiger partial charge in [0.25, 0.3) is 6.43 Å².